The zero-order chi connectivity index (χ0) is 19.8. The van der Waals surface area contributed by atoms with Crippen molar-refractivity contribution < 1.29 is 14.3 Å². The van der Waals surface area contributed by atoms with Crippen LogP contribution in [0.2, 0.25) is 5.02 Å². The molecular formula is C19H23ClN4O3S. The van der Waals surface area contributed by atoms with Gasteiger partial charge in [-0.3, -0.25) is 14.5 Å². The van der Waals surface area contributed by atoms with Crippen molar-refractivity contribution in [1.29, 1.82) is 0 Å². The molecule has 28 heavy (non-hydrogen) atoms. The van der Waals surface area contributed by atoms with Gasteiger partial charge >= 0.3 is 0 Å². The van der Waals surface area contributed by atoms with Crippen molar-refractivity contribution in [3.05, 3.63) is 40.4 Å². The molecule has 0 saturated carbocycles. The van der Waals surface area contributed by atoms with E-state index in [9.17, 15) is 9.59 Å². The molecule has 2 amide bonds. The zero-order valence-corrected chi connectivity index (χ0v) is 17.0. The van der Waals surface area contributed by atoms with Gasteiger partial charge in [0.1, 0.15) is 5.01 Å². The molecule has 0 spiro atoms. The summed E-state index contributed by atoms with van der Waals surface area (Å²) in [7, 11) is 0. The molecule has 2 aromatic rings. The Kier molecular flexibility index (Phi) is 7.79. The van der Waals surface area contributed by atoms with Crippen molar-refractivity contribution in [2.24, 2.45) is 0 Å². The highest BCUT2D eigenvalue weighted by Gasteiger charge is 2.13. The molecule has 3 rings (SSSR count). The molecule has 0 unspecified atom stereocenters. The molecule has 2 N–H and O–H groups in total. The Morgan fingerprint density at radius 3 is 2.75 bits per heavy atom. The van der Waals surface area contributed by atoms with Crippen molar-refractivity contribution >= 4 is 34.8 Å². The number of nitrogens with zero attached hydrogens (tertiary/aromatic N) is 2. The number of rotatable bonds is 8. The molecule has 0 radical (unpaired) electrons. The average Bonchev–Trinajstić information content (AvgIpc) is 3.16. The lowest BCUT2D eigenvalue weighted by Gasteiger charge is -2.26. The van der Waals surface area contributed by atoms with Crippen molar-refractivity contribution in [3.63, 3.8) is 0 Å². The van der Waals surface area contributed by atoms with Gasteiger partial charge in [-0.25, -0.2) is 4.98 Å². The van der Waals surface area contributed by atoms with E-state index in [1.807, 2.05) is 29.6 Å². The first-order valence-corrected chi connectivity index (χ1v) is 10.4. The summed E-state index contributed by atoms with van der Waals surface area (Å²) in [6.07, 6.45) is 0.127. The Labute approximate surface area is 173 Å². The number of thiazole rings is 1. The number of aromatic nitrogens is 1. The van der Waals surface area contributed by atoms with E-state index in [0.29, 0.717) is 17.3 Å². The SMILES string of the molecule is O=C(CNC(=O)Cc1csc(-c2ccccc2Cl)n1)NCCN1CCOCC1. The third-order valence-corrected chi connectivity index (χ3v) is 5.55. The fourth-order valence-corrected chi connectivity index (χ4v) is 3.93. The fourth-order valence-electron chi connectivity index (χ4n) is 2.79. The minimum Gasteiger partial charge on any atom is -0.379 e. The number of halogens is 1. The summed E-state index contributed by atoms with van der Waals surface area (Å²) in [4.78, 5) is 30.7. The Balaban J connectivity index is 1.37. The van der Waals surface area contributed by atoms with Crippen molar-refractivity contribution in [2.75, 3.05) is 45.9 Å². The third kappa shape index (κ3) is 6.27. The first-order chi connectivity index (χ1) is 13.6. The number of hydrogen-bond donors (Lipinski definition) is 2. The number of carbonyl (C=O) groups excluding carboxylic acids is 2. The smallest absolute Gasteiger partial charge is 0.239 e. The summed E-state index contributed by atoms with van der Waals surface area (Å²) in [6.45, 7) is 4.54. The first-order valence-electron chi connectivity index (χ1n) is 9.14. The molecule has 1 saturated heterocycles. The van der Waals surface area contributed by atoms with Gasteiger partial charge in [0.2, 0.25) is 11.8 Å². The summed E-state index contributed by atoms with van der Waals surface area (Å²) < 4.78 is 5.29. The van der Waals surface area contributed by atoms with Crippen molar-refractivity contribution in [1.82, 2.24) is 20.5 Å². The second-order valence-electron chi connectivity index (χ2n) is 6.38. The lowest BCUT2D eigenvalue weighted by molar-refractivity contribution is -0.125. The van der Waals surface area contributed by atoms with Crippen LogP contribution in [0.25, 0.3) is 10.6 Å². The first kappa shape index (κ1) is 20.7. The predicted octanol–water partition coefficient (Wildman–Crippen LogP) is 1.57. The van der Waals surface area contributed by atoms with E-state index in [2.05, 4.69) is 20.5 Å². The van der Waals surface area contributed by atoms with E-state index in [1.165, 1.54) is 11.3 Å². The van der Waals surface area contributed by atoms with Crippen LogP contribution < -0.4 is 10.6 Å². The zero-order valence-electron chi connectivity index (χ0n) is 15.4. The summed E-state index contributed by atoms with van der Waals surface area (Å²) in [6, 6.07) is 7.46. The third-order valence-electron chi connectivity index (χ3n) is 4.30. The van der Waals surface area contributed by atoms with E-state index in [0.717, 1.165) is 43.4 Å². The van der Waals surface area contributed by atoms with Gasteiger partial charge in [-0.2, -0.15) is 0 Å². The highest BCUT2D eigenvalue weighted by Crippen LogP contribution is 2.30. The van der Waals surface area contributed by atoms with Gasteiger partial charge in [0.25, 0.3) is 0 Å². The van der Waals surface area contributed by atoms with Gasteiger partial charge in [-0.05, 0) is 6.07 Å². The number of morpholine rings is 1. The number of amides is 2. The maximum absolute atomic E-state index is 12.1. The maximum Gasteiger partial charge on any atom is 0.239 e. The number of hydrogen-bond acceptors (Lipinski definition) is 6. The van der Waals surface area contributed by atoms with Crippen molar-refractivity contribution in [3.8, 4) is 10.6 Å². The van der Waals surface area contributed by atoms with Gasteiger partial charge in [0.15, 0.2) is 0 Å². The quantitative estimate of drug-likeness (QED) is 0.674. The molecule has 150 valence electrons. The van der Waals surface area contributed by atoms with E-state index in [-0.39, 0.29) is 24.8 Å². The van der Waals surface area contributed by atoms with Gasteiger partial charge in [-0.1, -0.05) is 29.8 Å². The molecule has 9 heteroatoms. The van der Waals surface area contributed by atoms with Crippen LogP contribution in [0.3, 0.4) is 0 Å². The summed E-state index contributed by atoms with van der Waals surface area (Å²) in [5, 5.41) is 8.68. The largest absolute Gasteiger partial charge is 0.379 e. The van der Waals surface area contributed by atoms with Crippen molar-refractivity contribution in [2.45, 2.75) is 6.42 Å². The second kappa shape index (κ2) is 10.5. The minimum atomic E-state index is -0.237. The van der Waals surface area contributed by atoms with Crippen LogP contribution in [0.5, 0.6) is 0 Å². The molecule has 0 bridgehead atoms. The average molecular weight is 423 g/mol. The molecule has 7 nitrogen and oxygen atoms in total. The Morgan fingerprint density at radius 1 is 1.18 bits per heavy atom. The highest BCUT2D eigenvalue weighted by molar-refractivity contribution is 7.13. The Hall–Kier alpha value is -2.00. The van der Waals surface area contributed by atoms with Crippen LogP contribution in [0, 0.1) is 0 Å². The Morgan fingerprint density at radius 2 is 1.96 bits per heavy atom. The number of carbonyl (C=O) groups is 2. The fraction of sp³-hybridized carbons (Fsp3) is 0.421. The monoisotopic (exact) mass is 422 g/mol. The normalized spacial score (nSPS) is 14.6. The van der Waals surface area contributed by atoms with E-state index in [4.69, 9.17) is 16.3 Å². The molecular weight excluding hydrogens is 400 g/mol. The molecule has 0 atom stereocenters. The molecule has 1 aliphatic heterocycles. The molecule has 1 aromatic heterocycles. The van der Waals surface area contributed by atoms with Gasteiger partial charge < -0.3 is 15.4 Å². The Bertz CT molecular complexity index is 808. The lowest BCUT2D eigenvalue weighted by atomic mass is 10.2. The van der Waals surface area contributed by atoms with Gasteiger partial charge in [-0.15, -0.1) is 11.3 Å². The molecule has 2 heterocycles. The topological polar surface area (TPSA) is 83.6 Å². The van der Waals surface area contributed by atoms with E-state index in [1.54, 1.807) is 0 Å². The lowest BCUT2D eigenvalue weighted by Crippen LogP contribution is -2.43. The number of benzene rings is 1. The number of ether oxygens (including phenoxy) is 1. The summed E-state index contributed by atoms with van der Waals surface area (Å²) in [5.41, 5.74) is 1.51. The summed E-state index contributed by atoms with van der Waals surface area (Å²) >= 11 is 7.62. The van der Waals surface area contributed by atoms with Crippen LogP contribution in [0.15, 0.2) is 29.6 Å². The molecule has 1 fully saturated rings. The van der Waals surface area contributed by atoms with Gasteiger partial charge in [0, 0.05) is 37.1 Å². The summed E-state index contributed by atoms with van der Waals surface area (Å²) in [5.74, 6) is -0.434. The highest BCUT2D eigenvalue weighted by atomic mass is 35.5. The number of nitrogens with one attached hydrogen (secondary N) is 2. The maximum atomic E-state index is 12.1. The van der Waals surface area contributed by atoms with Crippen LogP contribution >= 0.6 is 22.9 Å². The second-order valence-corrected chi connectivity index (χ2v) is 7.65. The van der Waals surface area contributed by atoms with Crippen LogP contribution in [-0.4, -0.2) is 67.6 Å². The van der Waals surface area contributed by atoms with Crippen LogP contribution in [-0.2, 0) is 20.7 Å². The van der Waals surface area contributed by atoms with E-state index < -0.39 is 0 Å². The molecule has 1 aromatic carbocycles. The standard InChI is InChI=1S/C19H23ClN4O3S/c20-16-4-2-1-3-15(16)19-23-14(13-28-19)11-17(25)22-12-18(26)21-5-6-24-7-9-27-10-8-24/h1-4,13H,5-12H2,(H,21,26)(H,22,25). The predicted molar refractivity (Wildman–Crippen MR) is 110 cm³/mol. The minimum absolute atomic E-state index is 0.0382. The van der Waals surface area contributed by atoms with Gasteiger partial charge in [0.05, 0.1) is 36.9 Å². The van der Waals surface area contributed by atoms with Crippen LogP contribution in [0.1, 0.15) is 5.69 Å². The molecule has 0 aliphatic carbocycles. The van der Waals surface area contributed by atoms with Crippen LogP contribution in [0.4, 0.5) is 0 Å². The van der Waals surface area contributed by atoms with E-state index >= 15 is 0 Å². The molecule has 1 aliphatic rings.